The molecule has 1 amide bonds. The smallest absolute Gasteiger partial charge is 0.253 e. The van der Waals surface area contributed by atoms with Gasteiger partial charge in [0.2, 0.25) is 0 Å². The summed E-state index contributed by atoms with van der Waals surface area (Å²) < 4.78 is 0. The van der Waals surface area contributed by atoms with Gasteiger partial charge in [-0.3, -0.25) is 9.59 Å². The maximum Gasteiger partial charge on any atom is 0.253 e. The van der Waals surface area contributed by atoms with E-state index in [1.807, 2.05) is 0 Å². The van der Waals surface area contributed by atoms with Crippen LogP contribution in [0.2, 0.25) is 0 Å². The summed E-state index contributed by atoms with van der Waals surface area (Å²) in [5.41, 5.74) is 11.5. The molecule has 17 heavy (non-hydrogen) atoms. The Kier molecular flexibility index (Phi) is 4.51. The molecule has 0 atom stereocenters. The molecule has 6 heteroatoms. The highest BCUT2D eigenvalue weighted by molar-refractivity contribution is 7.19. The van der Waals surface area contributed by atoms with Crippen LogP contribution in [-0.2, 0) is 0 Å². The number of primary amides is 1. The Labute approximate surface area is 104 Å². The monoisotopic (exact) mass is 255 g/mol. The molecule has 5 nitrogen and oxygen atoms in total. The fourth-order valence-electron chi connectivity index (χ4n) is 1.45. The van der Waals surface area contributed by atoms with E-state index in [1.165, 1.54) is 18.3 Å². The van der Waals surface area contributed by atoms with Crippen molar-refractivity contribution >= 4 is 33.7 Å². The van der Waals surface area contributed by atoms with E-state index < -0.39 is 5.91 Å². The third kappa shape index (κ3) is 2.97. The number of nitrogens with one attached hydrogen (secondary N) is 1. The van der Waals surface area contributed by atoms with Gasteiger partial charge in [0.1, 0.15) is 5.00 Å². The molecular weight excluding hydrogens is 238 g/mol. The molecule has 0 aliphatic rings. The van der Waals surface area contributed by atoms with E-state index in [0.29, 0.717) is 9.88 Å². The van der Waals surface area contributed by atoms with Gasteiger partial charge in [0, 0.05) is 13.5 Å². The second-order valence-corrected chi connectivity index (χ2v) is 4.77. The highest BCUT2D eigenvalue weighted by Crippen LogP contribution is 2.35. The van der Waals surface area contributed by atoms with E-state index in [2.05, 4.69) is 12.2 Å². The summed E-state index contributed by atoms with van der Waals surface area (Å²) in [6, 6.07) is 0. The third-order valence-corrected chi connectivity index (χ3v) is 3.59. The number of thiophene rings is 1. The maximum absolute atomic E-state index is 11.3. The van der Waals surface area contributed by atoms with Gasteiger partial charge < -0.3 is 16.8 Å². The predicted octanol–water partition coefficient (Wildman–Crippen LogP) is 1.84. The SMILES string of the molecule is CCCCNc1sc(C(C)=O)c(N)c1C(N)=O. The number of unbranched alkanes of at least 4 members (excludes halogenated alkanes) is 1. The minimum Gasteiger partial charge on any atom is -0.397 e. The van der Waals surface area contributed by atoms with Crippen LogP contribution in [-0.4, -0.2) is 18.2 Å². The molecule has 0 radical (unpaired) electrons. The largest absolute Gasteiger partial charge is 0.397 e. The van der Waals surface area contributed by atoms with Gasteiger partial charge in [-0.05, 0) is 6.42 Å². The number of nitrogens with two attached hydrogens (primary N) is 2. The van der Waals surface area contributed by atoms with Gasteiger partial charge >= 0.3 is 0 Å². The molecule has 0 aliphatic carbocycles. The summed E-state index contributed by atoms with van der Waals surface area (Å²) in [5, 5.41) is 3.69. The molecule has 1 aromatic rings. The van der Waals surface area contributed by atoms with Crippen LogP contribution in [0, 0.1) is 0 Å². The minimum atomic E-state index is -0.606. The van der Waals surface area contributed by atoms with Gasteiger partial charge in [-0.15, -0.1) is 11.3 Å². The minimum absolute atomic E-state index is 0.154. The average molecular weight is 255 g/mol. The number of hydrogen-bond acceptors (Lipinski definition) is 5. The zero-order valence-corrected chi connectivity index (χ0v) is 10.8. The molecule has 0 fully saturated rings. The Hall–Kier alpha value is -1.56. The first kappa shape index (κ1) is 13.5. The zero-order chi connectivity index (χ0) is 13.0. The summed E-state index contributed by atoms with van der Waals surface area (Å²) in [5.74, 6) is -0.760. The summed E-state index contributed by atoms with van der Waals surface area (Å²) in [7, 11) is 0. The summed E-state index contributed by atoms with van der Waals surface area (Å²) in [6.07, 6.45) is 2.02. The second-order valence-electron chi connectivity index (χ2n) is 3.75. The normalized spacial score (nSPS) is 10.2. The second kappa shape index (κ2) is 5.67. The summed E-state index contributed by atoms with van der Waals surface area (Å²) in [6.45, 7) is 4.22. The Balaban J connectivity index is 3.06. The standard InChI is InChI=1S/C11H17N3O2S/c1-3-4-5-14-11-7(10(13)16)8(12)9(17-11)6(2)15/h14H,3-5,12H2,1-2H3,(H2,13,16). The maximum atomic E-state index is 11.3. The van der Waals surface area contributed by atoms with Crippen LogP contribution in [0.1, 0.15) is 46.7 Å². The fraction of sp³-hybridized carbons (Fsp3) is 0.455. The van der Waals surface area contributed by atoms with Crippen LogP contribution in [0.15, 0.2) is 0 Å². The van der Waals surface area contributed by atoms with Crippen molar-refractivity contribution in [2.24, 2.45) is 5.73 Å². The first-order valence-electron chi connectivity index (χ1n) is 5.45. The number of hydrogen-bond donors (Lipinski definition) is 3. The van der Waals surface area contributed by atoms with E-state index in [1.54, 1.807) is 0 Å². The highest BCUT2D eigenvalue weighted by Gasteiger charge is 2.21. The molecule has 94 valence electrons. The molecule has 0 aromatic carbocycles. The summed E-state index contributed by atoms with van der Waals surface area (Å²) in [4.78, 5) is 23.0. The number of nitrogen functional groups attached to an aromatic ring is 1. The van der Waals surface area contributed by atoms with E-state index in [4.69, 9.17) is 11.5 Å². The van der Waals surface area contributed by atoms with Crippen LogP contribution in [0.3, 0.4) is 0 Å². The lowest BCUT2D eigenvalue weighted by atomic mass is 10.2. The van der Waals surface area contributed by atoms with Crippen molar-refractivity contribution < 1.29 is 9.59 Å². The van der Waals surface area contributed by atoms with Crippen LogP contribution in [0.25, 0.3) is 0 Å². The molecule has 0 saturated heterocycles. The van der Waals surface area contributed by atoms with E-state index in [-0.39, 0.29) is 17.0 Å². The molecule has 0 spiro atoms. The molecule has 1 heterocycles. The quantitative estimate of drug-likeness (QED) is 0.533. The number of anilines is 2. The topological polar surface area (TPSA) is 98.2 Å². The van der Waals surface area contributed by atoms with Gasteiger partial charge in [0.05, 0.1) is 16.1 Å². The Morgan fingerprint density at radius 3 is 2.53 bits per heavy atom. The van der Waals surface area contributed by atoms with Gasteiger partial charge in [-0.2, -0.15) is 0 Å². The van der Waals surface area contributed by atoms with Crippen molar-refractivity contribution in [2.45, 2.75) is 26.7 Å². The lowest BCUT2D eigenvalue weighted by molar-refractivity contribution is 0.100. The van der Waals surface area contributed by atoms with Gasteiger partial charge in [-0.25, -0.2) is 0 Å². The van der Waals surface area contributed by atoms with Crippen molar-refractivity contribution in [1.29, 1.82) is 0 Å². The van der Waals surface area contributed by atoms with Gasteiger partial charge in [0.15, 0.2) is 5.78 Å². The fourth-order valence-corrected chi connectivity index (χ4v) is 2.50. The van der Waals surface area contributed by atoms with Crippen molar-refractivity contribution in [3.8, 4) is 0 Å². The Morgan fingerprint density at radius 1 is 1.41 bits per heavy atom. The zero-order valence-electron chi connectivity index (χ0n) is 10.0. The van der Waals surface area contributed by atoms with Crippen LogP contribution < -0.4 is 16.8 Å². The number of Topliss-reactive ketones (excluding diaryl/α,β-unsaturated/α-hetero) is 1. The first-order valence-corrected chi connectivity index (χ1v) is 6.27. The van der Waals surface area contributed by atoms with E-state index in [0.717, 1.165) is 19.4 Å². The van der Waals surface area contributed by atoms with Crippen LogP contribution in [0.5, 0.6) is 0 Å². The van der Waals surface area contributed by atoms with Gasteiger partial charge in [0.25, 0.3) is 5.91 Å². The van der Waals surface area contributed by atoms with Crippen LogP contribution >= 0.6 is 11.3 Å². The van der Waals surface area contributed by atoms with E-state index in [9.17, 15) is 9.59 Å². The summed E-state index contributed by atoms with van der Waals surface area (Å²) >= 11 is 1.19. The van der Waals surface area contributed by atoms with Crippen molar-refractivity contribution in [1.82, 2.24) is 0 Å². The van der Waals surface area contributed by atoms with Crippen molar-refractivity contribution in [3.05, 3.63) is 10.4 Å². The van der Waals surface area contributed by atoms with Crippen molar-refractivity contribution in [2.75, 3.05) is 17.6 Å². The number of ketones is 1. The predicted molar refractivity (Wildman–Crippen MR) is 70.7 cm³/mol. The lowest BCUT2D eigenvalue weighted by Gasteiger charge is -2.04. The van der Waals surface area contributed by atoms with Gasteiger partial charge in [-0.1, -0.05) is 13.3 Å². The Bertz CT molecular complexity index is 440. The number of rotatable bonds is 6. The molecule has 1 aromatic heterocycles. The molecule has 5 N–H and O–H groups in total. The molecule has 0 unspecified atom stereocenters. The molecule has 0 bridgehead atoms. The lowest BCUT2D eigenvalue weighted by Crippen LogP contribution is -2.15. The number of carbonyl (C=O) groups excluding carboxylic acids is 2. The molecular formula is C11H17N3O2S. The first-order chi connectivity index (χ1) is 7.99. The number of amides is 1. The van der Waals surface area contributed by atoms with Crippen molar-refractivity contribution in [3.63, 3.8) is 0 Å². The molecule has 1 rings (SSSR count). The Morgan fingerprint density at radius 2 is 2.06 bits per heavy atom. The number of carbonyl (C=O) groups is 2. The average Bonchev–Trinajstić information content (AvgIpc) is 2.56. The van der Waals surface area contributed by atoms with Crippen LogP contribution in [0.4, 0.5) is 10.7 Å². The highest BCUT2D eigenvalue weighted by atomic mass is 32.1. The van der Waals surface area contributed by atoms with E-state index >= 15 is 0 Å². The molecule has 0 saturated carbocycles. The molecule has 0 aliphatic heterocycles. The third-order valence-electron chi connectivity index (χ3n) is 2.33.